The molecule has 10 heavy (non-hydrogen) atoms. The van der Waals surface area contributed by atoms with Gasteiger partial charge in [-0.25, -0.2) is 0 Å². The summed E-state index contributed by atoms with van der Waals surface area (Å²) in [5.74, 6) is 0.779. The van der Waals surface area contributed by atoms with E-state index < -0.39 is 0 Å². The topological polar surface area (TPSA) is 27.1 Å². The molecule has 0 spiro atoms. The highest BCUT2D eigenvalue weighted by Gasteiger charge is 2.04. The molecule has 0 aliphatic heterocycles. The zero-order valence-electron chi connectivity index (χ0n) is 5.97. The van der Waals surface area contributed by atoms with Gasteiger partial charge in [-0.2, -0.15) is 5.10 Å². The predicted octanol–water partition coefficient (Wildman–Crippen LogP) is 1.67. The molecule has 0 aromatic carbocycles. The molecule has 0 saturated carbocycles. The maximum atomic E-state index is 5.00. The molecule has 0 bridgehead atoms. The third-order valence-corrected chi connectivity index (χ3v) is 2.06. The van der Waals surface area contributed by atoms with Crippen LogP contribution in [0.1, 0.15) is 6.92 Å². The summed E-state index contributed by atoms with van der Waals surface area (Å²) < 4.78 is 7.72. The van der Waals surface area contributed by atoms with E-state index in [0.717, 1.165) is 16.9 Å². The van der Waals surface area contributed by atoms with Crippen molar-refractivity contribution in [3.05, 3.63) is 10.8 Å². The molecule has 4 heteroatoms. The summed E-state index contributed by atoms with van der Waals surface area (Å²) in [6.45, 7) is 2.88. The largest absolute Gasteiger partial charge is 0.492 e. The van der Waals surface area contributed by atoms with E-state index in [9.17, 15) is 0 Å². The summed E-state index contributed by atoms with van der Waals surface area (Å²) in [5, 5.41) is 4.05. The van der Waals surface area contributed by atoms with Crippen LogP contribution in [0.4, 0.5) is 0 Å². The van der Waals surface area contributed by atoms with Gasteiger partial charge in [0.25, 0.3) is 0 Å². The van der Waals surface area contributed by atoms with Crippen molar-refractivity contribution in [3.8, 4) is 5.75 Å². The normalized spacial score (nSPS) is 9.90. The van der Waals surface area contributed by atoms with E-state index in [1.54, 1.807) is 13.3 Å². The number of aryl methyl sites for hydroxylation is 1. The van der Waals surface area contributed by atoms with Gasteiger partial charge < -0.3 is 4.74 Å². The lowest BCUT2D eigenvalue weighted by atomic mass is 10.6. The molecule has 1 aromatic heterocycles. The first-order chi connectivity index (χ1) is 4.79. The van der Waals surface area contributed by atoms with Crippen LogP contribution in [-0.4, -0.2) is 16.9 Å². The maximum absolute atomic E-state index is 5.00. The Balaban J connectivity index is 2.97. The summed E-state index contributed by atoms with van der Waals surface area (Å²) in [6, 6.07) is 0. The lowest BCUT2D eigenvalue weighted by Crippen LogP contribution is -1.95. The van der Waals surface area contributed by atoms with Gasteiger partial charge in [-0.05, 0) is 22.9 Å². The fourth-order valence-corrected chi connectivity index (χ4v) is 1.32. The zero-order valence-corrected chi connectivity index (χ0v) is 7.55. The number of aromatic nitrogens is 2. The van der Waals surface area contributed by atoms with Gasteiger partial charge in [0.15, 0.2) is 5.75 Å². The molecule has 56 valence electrons. The number of ether oxygens (including phenoxy) is 1. The van der Waals surface area contributed by atoms with E-state index in [4.69, 9.17) is 4.74 Å². The second-order valence-corrected chi connectivity index (χ2v) is 2.57. The molecule has 0 aliphatic carbocycles. The van der Waals surface area contributed by atoms with Gasteiger partial charge in [0.05, 0.1) is 13.3 Å². The van der Waals surface area contributed by atoms with E-state index in [-0.39, 0.29) is 0 Å². The van der Waals surface area contributed by atoms with Gasteiger partial charge in [0.2, 0.25) is 0 Å². The van der Waals surface area contributed by atoms with E-state index >= 15 is 0 Å². The summed E-state index contributed by atoms with van der Waals surface area (Å²) >= 11 is 3.35. The molecule has 0 unspecified atom stereocenters. The van der Waals surface area contributed by atoms with Gasteiger partial charge in [-0.3, -0.25) is 4.68 Å². The molecule has 0 N–H and O–H groups in total. The van der Waals surface area contributed by atoms with E-state index in [2.05, 4.69) is 21.0 Å². The number of hydrogen-bond donors (Lipinski definition) is 0. The van der Waals surface area contributed by atoms with Gasteiger partial charge in [0, 0.05) is 6.54 Å². The van der Waals surface area contributed by atoms with E-state index in [1.807, 2.05) is 11.6 Å². The lowest BCUT2D eigenvalue weighted by Gasteiger charge is -1.97. The van der Waals surface area contributed by atoms with Crippen molar-refractivity contribution in [2.45, 2.75) is 13.5 Å². The summed E-state index contributed by atoms with van der Waals surface area (Å²) in [6.07, 6.45) is 1.69. The molecule has 0 atom stereocenters. The lowest BCUT2D eigenvalue weighted by molar-refractivity contribution is 0.410. The number of hydrogen-bond acceptors (Lipinski definition) is 2. The van der Waals surface area contributed by atoms with E-state index in [0.29, 0.717) is 0 Å². The molecule has 0 saturated heterocycles. The smallest absolute Gasteiger partial charge is 0.171 e. The predicted molar refractivity (Wildman–Crippen MR) is 42.2 cm³/mol. The van der Waals surface area contributed by atoms with Crippen LogP contribution in [0.5, 0.6) is 5.75 Å². The Kier molecular flexibility index (Phi) is 2.32. The highest BCUT2D eigenvalue weighted by Crippen LogP contribution is 2.22. The highest BCUT2D eigenvalue weighted by atomic mass is 79.9. The Morgan fingerprint density at radius 2 is 2.50 bits per heavy atom. The van der Waals surface area contributed by atoms with Crippen LogP contribution in [0.3, 0.4) is 0 Å². The standard InChI is InChI=1S/C6H9BrN2O/c1-3-9-6(7)5(10-2)4-8-9/h4H,3H2,1-2H3. The van der Waals surface area contributed by atoms with Crippen LogP contribution in [0, 0.1) is 0 Å². The van der Waals surface area contributed by atoms with Gasteiger partial charge in [0.1, 0.15) is 4.60 Å². The molecule has 0 aliphatic rings. The number of methoxy groups -OCH3 is 1. The van der Waals surface area contributed by atoms with E-state index in [1.165, 1.54) is 0 Å². The third kappa shape index (κ3) is 1.16. The summed E-state index contributed by atoms with van der Waals surface area (Å²) in [4.78, 5) is 0. The second kappa shape index (κ2) is 3.05. The van der Waals surface area contributed by atoms with Crippen LogP contribution in [0.25, 0.3) is 0 Å². The zero-order chi connectivity index (χ0) is 7.56. The van der Waals surface area contributed by atoms with Crippen molar-refractivity contribution in [3.63, 3.8) is 0 Å². The molecule has 0 radical (unpaired) electrons. The van der Waals surface area contributed by atoms with Crippen LogP contribution in [0.15, 0.2) is 10.8 Å². The Hall–Kier alpha value is -0.510. The van der Waals surface area contributed by atoms with Gasteiger partial charge in [-0.15, -0.1) is 0 Å². The van der Waals surface area contributed by atoms with Crippen LogP contribution in [-0.2, 0) is 6.54 Å². The molecular weight excluding hydrogens is 196 g/mol. The van der Waals surface area contributed by atoms with Crippen LogP contribution < -0.4 is 4.74 Å². The van der Waals surface area contributed by atoms with Crippen molar-refractivity contribution in [2.75, 3.05) is 7.11 Å². The average Bonchev–Trinajstić information content (AvgIpc) is 2.30. The van der Waals surface area contributed by atoms with Crippen molar-refractivity contribution in [2.24, 2.45) is 0 Å². The first-order valence-electron chi connectivity index (χ1n) is 3.05. The SMILES string of the molecule is CCn1ncc(OC)c1Br. The van der Waals surface area contributed by atoms with Crippen LogP contribution in [0.2, 0.25) is 0 Å². The minimum atomic E-state index is 0.779. The number of rotatable bonds is 2. The monoisotopic (exact) mass is 204 g/mol. The quantitative estimate of drug-likeness (QED) is 0.734. The van der Waals surface area contributed by atoms with Gasteiger partial charge >= 0.3 is 0 Å². The van der Waals surface area contributed by atoms with Crippen molar-refractivity contribution < 1.29 is 4.74 Å². The third-order valence-electron chi connectivity index (χ3n) is 1.26. The molecule has 0 fully saturated rings. The maximum Gasteiger partial charge on any atom is 0.171 e. The van der Waals surface area contributed by atoms with Crippen molar-refractivity contribution in [1.29, 1.82) is 0 Å². The molecule has 1 aromatic rings. The number of halogens is 1. The second-order valence-electron chi connectivity index (χ2n) is 1.82. The molecule has 1 heterocycles. The Morgan fingerprint density at radius 3 is 2.80 bits per heavy atom. The fourth-order valence-electron chi connectivity index (χ4n) is 0.711. The Labute approximate surface area is 68.1 Å². The van der Waals surface area contributed by atoms with Gasteiger partial charge in [-0.1, -0.05) is 0 Å². The first-order valence-corrected chi connectivity index (χ1v) is 3.84. The van der Waals surface area contributed by atoms with Crippen molar-refractivity contribution >= 4 is 15.9 Å². The molecular formula is C6H9BrN2O. The Morgan fingerprint density at radius 1 is 1.80 bits per heavy atom. The fraction of sp³-hybridized carbons (Fsp3) is 0.500. The molecule has 0 amide bonds. The first kappa shape index (κ1) is 7.60. The van der Waals surface area contributed by atoms with Crippen LogP contribution >= 0.6 is 15.9 Å². The summed E-state index contributed by atoms with van der Waals surface area (Å²) in [5.41, 5.74) is 0. The number of nitrogens with zero attached hydrogens (tertiary/aromatic N) is 2. The molecule has 3 nitrogen and oxygen atoms in total. The molecule has 1 rings (SSSR count). The summed E-state index contributed by atoms with van der Waals surface area (Å²) in [7, 11) is 1.63. The minimum absolute atomic E-state index is 0.779. The van der Waals surface area contributed by atoms with Crippen molar-refractivity contribution in [1.82, 2.24) is 9.78 Å². The minimum Gasteiger partial charge on any atom is -0.492 e. The highest BCUT2D eigenvalue weighted by molar-refractivity contribution is 9.10. The Bertz CT molecular complexity index is 200. The average molecular weight is 205 g/mol.